The molecule has 0 amide bonds. The Hall–Kier alpha value is -1.95. The Morgan fingerprint density at radius 1 is 1.07 bits per heavy atom. The summed E-state index contributed by atoms with van der Waals surface area (Å²) in [6, 6.07) is 20.8. The van der Waals surface area contributed by atoms with E-state index in [1.807, 2.05) is 48.5 Å². The van der Waals surface area contributed by atoms with Gasteiger partial charge < -0.3 is 9.64 Å². The first-order valence-electron chi connectivity index (χ1n) is 9.29. The van der Waals surface area contributed by atoms with Gasteiger partial charge in [0.1, 0.15) is 12.2 Å². The van der Waals surface area contributed by atoms with Crippen LogP contribution in [0.2, 0.25) is 0 Å². The molecule has 1 aliphatic rings. The summed E-state index contributed by atoms with van der Waals surface area (Å²) in [5.41, 5.74) is 3.41. The number of benzene rings is 2. The van der Waals surface area contributed by atoms with E-state index >= 15 is 0 Å². The number of pyridine rings is 1. The largest absolute Gasteiger partial charge is 1.00 e. The predicted molar refractivity (Wildman–Crippen MR) is 107 cm³/mol. The predicted octanol–water partition coefficient (Wildman–Crippen LogP) is 2.06. The van der Waals surface area contributed by atoms with E-state index in [9.17, 15) is 14.0 Å². The molecule has 3 aromatic rings. The average Bonchev–Trinajstić information content (AvgIpc) is 3.22. The van der Waals surface area contributed by atoms with E-state index in [0.717, 1.165) is 36.0 Å². The minimum absolute atomic E-state index is 0. The van der Waals surface area contributed by atoms with Gasteiger partial charge in [-0.2, -0.15) is 11.3 Å². The number of aromatic nitrogens is 1. The van der Waals surface area contributed by atoms with Gasteiger partial charge in [0.2, 0.25) is 0 Å². The fraction of sp³-hybridized carbons (Fsp3) is 0.174. The molecule has 0 radical (unpaired) electrons. The van der Waals surface area contributed by atoms with Crippen molar-refractivity contribution in [1.82, 2.24) is 4.98 Å². The topological polar surface area (TPSA) is 49.2 Å². The third-order valence-electron chi connectivity index (χ3n) is 4.95. The van der Waals surface area contributed by atoms with Crippen molar-refractivity contribution in [2.45, 2.75) is 12.5 Å². The molecule has 1 atom stereocenters. The summed E-state index contributed by atoms with van der Waals surface area (Å²) in [5, 5.41) is 9.53. The average molecular weight is 430 g/mol. The fourth-order valence-electron chi connectivity index (χ4n) is 3.47. The fourth-order valence-corrected chi connectivity index (χ4v) is 3.47. The van der Waals surface area contributed by atoms with Gasteiger partial charge in [0.25, 0.3) is 0 Å². The third kappa shape index (κ3) is 5.20. The van der Waals surface area contributed by atoms with Gasteiger partial charge in [-0.15, -0.1) is 5.56 Å². The molecule has 2 aromatic carbocycles. The molecule has 1 saturated heterocycles. The van der Waals surface area contributed by atoms with E-state index in [1.165, 1.54) is 12.1 Å². The minimum atomic E-state index is -1.77. The number of rotatable bonds is 5. The molecule has 0 saturated carbocycles. The maximum Gasteiger partial charge on any atom is 1.00 e. The van der Waals surface area contributed by atoms with Gasteiger partial charge in [-0.3, -0.25) is 13.8 Å². The molecule has 0 unspecified atom stereocenters. The van der Waals surface area contributed by atoms with Crippen LogP contribution in [0.15, 0.2) is 66.9 Å². The van der Waals surface area contributed by atoms with E-state index < -0.39 is 6.43 Å². The second-order valence-electron chi connectivity index (χ2n) is 6.83. The molecule has 146 valence electrons. The number of nitriles is 1. The van der Waals surface area contributed by atoms with Crippen LogP contribution >= 0.6 is 0 Å². The number of anilines is 1. The Morgan fingerprint density at radius 3 is 2.53 bits per heavy atom. The summed E-state index contributed by atoms with van der Waals surface area (Å²) in [4.78, 5) is 6.08. The van der Waals surface area contributed by atoms with Crippen LogP contribution in [0.5, 0.6) is 5.88 Å². The summed E-state index contributed by atoms with van der Waals surface area (Å²) >= 11 is 0. The first kappa shape index (κ1) is 22.7. The van der Waals surface area contributed by atoms with Gasteiger partial charge in [0, 0.05) is 13.0 Å². The van der Waals surface area contributed by atoms with Crippen LogP contribution in [-0.4, -0.2) is 24.2 Å². The van der Waals surface area contributed by atoms with E-state index in [1.54, 1.807) is 0 Å². The number of hydrogen-bond acceptors (Lipinski definition) is 4. The van der Waals surface area contributed by atoms with Crippen molar-refractivity contribution in [3.63, 3.8) is 0 Å². The van der Waals surface area contributed by atoms with Gasteiger partial charge >= 0.3 is 51.4 Å². The van der Waals surface area contributed by atoms with Crippen LogP contribution in [-0.2, 0) is 0 Å². The van der Waals surface area contributed by atoms with Crippen molar-refractivity contribution >= 4 is 5.69 Å². The maximum absolute atomic E-state index is 12.6. The van der Waals surface area contributed by atoms with Crippen molar-refractivity contribution in [3.8, 4) is 23.1 Å². The molecule has 4 nitrogen and oxygen atoms in total. The Kier molecular flexibility index (Phi) is 7.86. The molecule has 7 heteroatoms. The van der Waals surface area contributed by atoms with Crippen LogP contribution in [0.1, 0.15) is 17.5 Å². The number of nitrogens with zero attached hydrogens (tertiary/aromatic N) is 3. The number of halogens is 2. The number of hydrogen-bond donors (Lipinski definition) is 0. The van der Waals surface area contributed by atoms with Crippen molar-refractivity contribution in [3.05, 3.63) is 84.4 Å². The summed E-state index contributed by atoms with van der Waals surface area (Å²) in [6.07, 6.45) is -0.0278. The summed E-state index contributed by atoms with van der Waals surface area (Å²) in [5.74, 6) is 0.320. The van der Waals surface area contributed by atoms with Gasteiger partial charge in [0.15, 0.2) is 12.3 Å². The van der Waals surface area contributed by atoms with E-state index in [2.05, 4.69) is 16.0 Å². The van der Waals surface area contributed by atoms with Gasteiger partial charge in [-0.05, 0) is 23.3 Å². The maximum atomic E-state index is 12.6. The van der Waals surface area contributed by atoms with Gasteiger partial charge in [0.05, 0.1) is 17.8 Å². The molecular weight excluding hydrogens is 411 g/mol. The summed E-state index contributed by atoms with van der Waals surface area (Å²) < 4.78 is 31.0. The van der Waals surface area contributed by atoms with Crippen molar-refractivity contribution in [2.24, 2.45) is 0 Å². The third-order valence-corrected chi connectivity index (χ3v) is 4.95. The summed E-state index contributed by atoms with van der Waals surface area (Å²) in [7, 11) is 0. The zero-order chi connectivity index (χ0) is 20.2. The SMILES string of the molecule is N#Cc1ccc(-c2ccccc2)cc1N1CC[C@H](Oc2ccc([C-](F)F)cn2)C1.[K+]. The monoisotopic (exact) mass is 429 g/mol. The second-order valence-corrected chi connectivity index (χ2v) is 6.83. The van der Waals surface area contributed by atoms with Crippen molar-refractivity contribution < 1.29 is 64.9 Å². The molecule has 0 spiro atoms. The number of ether oxygens (including phenoxy) is 1. The molecule has 4 rings (SSSR count). The van der Waals surface area contributed by atoms with Crippen molar-refractivity contribution in [1.29, 1.82) is 5.26 Å². The zero-order valence-electron chi connectivity index (χ0n) is 16.6. The van der Waals surface area contributed by atoms with E-state index in [-0.39, 0.29) is 63.1 Å². The second kappa shape index (κ2) is 10.4. The Balaban J connectivity index is 0.00000256. The van der Waals surface area contributed by atoms with Crippen molar-refractivity contribution in [2.75, 3.05) is 18.0 Å². The quantitative estimate of drug-likeness (QED) is 0.460. The molecule has 0 N–H and O–H groups in total. The van der Waals surface area contributed by atoms with E-state index in [0.29, 0.717) is 18.0 Å². The zero-order valence-corrected chi connectivity index (χ0v) is 19.7. The van der Waals surface area contributed by atoms with Crippen LogP contribution in [0.3, 0.4) is 0 Å². The molecule has 2 heterocycles. The molecular formula is C23H18F2KN3O. The van der Waals surface area contributed by atoms with Crippen LogP contribution in [0, 0.1) is 17.8 Å². The van der Waals surface area contributed by atoms with Crippen LogP contribution in [0.25, 0.3) is 11.1 Å². The summed E-state index contributed by atoms with van der Waals surface area (Å²) in [6.45, 7) is 1.34. The molecule has 1 aliphatic heterocycles. The van der Waals surface area contributed by atoms with Gasteiger partial charge in [-0.1, -0.05) is 48.7 Å². The standard InChI is InChI=1S/C23H18F2N3O.K/c24-23(25)19-8-9-22(27-14-19)29-20-10-11-28(15-20)21-12-17(6-7-18(21)13-26)16-4-2-1-3-5-16;/h1-9,12,14,20H,10-11,15H2;/q-1;+1/t20-;/m0./s1. The van der Waals surface area contributed by atoms with Gasteiger partial charge in [-0.25, -0.2) is 0 Å². The molecule has 1 aromatic heterocycles. The Labute approximate surface area is 216 Å². The molecule has 0 bridgehead atoms. The first-order valence-corrected chi connectivity index (χ1v) is 9.29. The molecule has 1 fully saturated rings. The Morgan fingerprint density at radius 2 is 1.87 bits per heavy atom. The minimum Gasteiger partial charge on any atom is -0.474 e. The first-order chi connectivity index (χ1) is 14.1. The smallest absolute Gasteiger partial charge is 0.474 e. The Bertz CT molecular complexity index is 1020. The molecule has 0 aliphatic carbocycles. The van der Waals surface area contributed by atoms with Crippen LogP contribution < -0.4 is 61.0 Å². The normalized spacial score (nSPS) is 15.2. The van der Waals surface area contributed by atoms with E-state index in [4.69, 9.17) is 4.74 Å². The molecule has 30 heavy (non-hydrogen) atoms. The van der Waals surface area contributed by atoms with Crippen LogP contribution in [0.4, 0.5) is 14.5 Å².